The summed E-state index contributed by atoms with van der Waals surface area (Å²) in [5.74, 6) is -2.99. The fraction of sp³-hybridized carbons (Fsp3) is 0.235. The first-order valence-corrected chi connectivity index (χ1v) is 6.94. The monoisotopic (exact) mass is 305 g/mol. The molecule has 22 heavy (non-hydrogen) atoms. The summed E-state index contributed by atoms with van der Waals surface area (Å²) in [6.45, 7) is 2.04. The smallest absolute Gasteiger partial charge is 0.308 e. The van der Waals surface area contributed by atoms with E-state index in [0.29, 0.717) is 6.54 Å². The van der Waals surface area contributed by atoms with Crippen molar-refractivity contribution in [3.8, 4) is 0 Å². The van der Waals surface area contributed by atoms with Gasteiger partial charge in [0.2, 0.25) is 0 Å². The van der Waals surface area contributed by atoms with Crippen molar-refractivity contribution in [3.63, 3.8) is 0 Å². The molecule has 0 radical (unpaired) electrons. The third-order valence-corrected chi connectivity index (χ3v) is 3.38. The average Bonchev–Trinajstić information content (AvgIpc) is 2.47. The highest BCUT2D eigenvalue weighted by molar-refractivity contribution is 5.70. The zero-order valence-corrected chi connectivity index (χ0v) is 12.2. The van der Waals surface area contributed by atoms with E-state index in [1.165, 1.54) is 12.1 Å². The molecule has 3 nitrogen and oxygen atoms in total. The number of hydrogen-bond acceptors (Lipinski definition) is 2. The van der Waals surface area contributed by atoms with Crippen LogP contribution >= 0.6 is 0 Å². The largest absolute Gasteiger partial charge is 0.481 e. The Hall–Kier alpha value is -2.43. The molecule has 1 atom stereocenters. The molecule has 2 aromatic carbocycles. The van der Waals surface area contributed by atoms with Crippen LogP contribution in [0.5, 0.6) is 0 Å². The molecule has 0 heterocycles. The Bertz CT molecular complexity index is 646. The van der Waals surface area contributed by atoms with Gasteiger partial charge in [-0.05, 0) is 17.7 Å². The van der Waals surface area contributed by atoms with Crippen molar-refractivity contribution in [3.05, 3.63) is 65.7 Å². The van der Waals surface area contributed by atoms with E-state index in [0.717, 1.165) is 11.6 Å². The number of aliphatic carboxylic acids is 1. The maximum Gasteiger partial charge on any atom is 0.308 e. The summed E-state index contributed by atoms with van der Waals surface area (Å²) in [7, 11) is 0. The zero-order valence-electron chi connectivity index (χ0n) is 12.2. The molecule has 1 unspecified atom stereocenters. The van der Waals surface area contributed by atoms with Crippen LogP contribution in [0.1, 0.15) is 12.5 Å². The van der Waals surface area contributed by atoms with E-state index < -0.39 is 23.5 Å². The van der Waals surface area contributed by atoms with Crippen LogP contribution in [0, 0.1) is 17.6 Å². The molecule has 1 N–H and O–H groups in total. The highest BCUT2D eigenvalue weighted by Crippen LogP contribution is 2.23. The molecular formula is C17H17F2NO2. The number of halogens is 2. The summed E-state index contributed by atoms with van der Waals surface area (Å²) in [4.78, 5) is 12.7. The van der Waals surface area contributed by atoms with Crippen LogP contribution in [-0.4, -0.2) is 17.6 Å². The fourth-order valence-electron chi connectivity index (χ4n) is 2.20. The Morgan fingerprint density at radius 2 is 1.86 bits per heavy atom. The van der Waals surface area contributed by atoms with Gasteiger partial charge in [0, 0.05) is 19.2 Å². The molecule has 0 bridgehead atoms. The molecule has 0 amide bonds. The minimum Gasteiger partial charge on any atom is -0.481 e. The first-order chi connectivity index (χ1) is 10.5. The third-order valence-electron chi connectivity index (χ3n) is 3.38. The Balaban J connectivity index is 2.30. The van der Waals surface area contributed by atoms with Crippen LogP contribution in [-0.2, 0) is 11.3 Å². The lowest BCUT2D eigenvalue weighted by molar-refractivity contribution is -0.140. The molecule has 2 aromatic rings. The maximum atomic E-state index is 14.0. The van der Waals surface area contributed by atoms with Crippen molar-refractivity contribution in [1.29, 1.82) is 0 Å². The maximum absolute atomic E-state index is 14.0. The van der Waals surface area contributed by atoms with E-state index in [-0.39, 0.29) is 12.2 Å². The van der Waals surface area contributed by atoms with E-state index in [1.54, 1.807) is 11.8 Å². The molecule has 0 spiro atoms. The Labute approximate surface area is 127 Å². The predicted molar refractivity (Wildman–Crippen MR) is 80.6 cm³/mol. The molecule has 0 aliphatic carbocycles. The van der Waals surface area contributed by atoms with Crippen molar-refractivity contribution in [2.45, 2.75) is 13.5 Å². The number of hydrogen-bond donors (Lipinski definition) is 1. The normalized spacial score (nSPS) is 12.0. The van der Waals surface area contributed by atoms with E-state index in [2.05, 4.69) is 0 Å². The number of carboxylic acids is 1. The molecule has 0 saturated carbocycles. The van der Waals surface area contributed by atoms with Gasteiger partial charge in [0.1, 0.15) is 11.6 Å². The topological polar surface area (TPSA) is 40.5 Å². The van der Waals surface area contributed by atoms with Crippen LogP contribution in [0.3, 0.4) is 0 Å². The fourth-order valence-corrected chi connectivity index (χ4v) is 2.20. The van der Waals surface area contributed by atoms with Gasteiger partial charge in [0.25, 0.3) is 0 Å². The van der Waals surface area contributed by atoms with Crippen molar-refractivity contribution >= 4 is 11.7 Å². The van der Waals surface area contributed by atoms with E-state index in [4.69, 9.17) is 5.11 Å². The second-order valence-electron chi connectivity index (χ2n) is 5.20. The van der Waals surface area contributed by atoms with Crippen LogP contribution in [0.2, 0.25) is 0 Å². The van der Waals surface area contributed by atoms with Gasteiger partial charge in [-0.15, -0.1) is 0 Å². The second-order valence-corrected chi connectivity index (χ2v) is 5.20. The Morgan fingerprint density at radius 3 is 2.45 bits per heavy atom. The number of benzene rings is 2. The predicted octanol–water partition coefficient (Wildman–Crippen LogP) is 3.69. The molecule has 0 saturated heterocycles. The summed E-state index contributed by atoms with van der Waals surface area (Å²) < 4.78 is 27.1. The highest BCUT2D eigenvalue weighted by Gasteiger charge is 2.19. The van der Waals surface area contributed by atoms with Crippen molar-refractivity contribution in [1.82, 2.24) is 0 Å². The Kier molecular flexibility index (Phi) is 5.09. The van der Waals surface area contributed by atoms with E-state index >= 15 is 0 Å². The van der Waals surface area contributed by atoms with Crippen molar-refractivity contribution in [2.24, 2.45) is 5.92 Å². The summed E-state index contributed by atoms with van der Waals surface area (Å²) in [5.41, 5.74) is 1.11. The van der Waals surface area contributed by atoms with Gasteiger partial charge in [-0.2, -0.15) is 0 Å². The lowest BCUT2D eigenvalue weighted by atomic mass is 10.1. The molecule has 5 heteroatoms. The summed E-state index contributed by atoms with van der Waals surface area (Å²) in [5, 5.41) is 9.08. The first-order valence-electron chi connectivity index (χ1n) is 6.94. The lowest BCUT2D eigenvalue weighted by Crippen LogP contribution is -2.32. The molecular weight excluding hydrogens is 288 g/mol. The number of nitrogens with zero attached hydrogens (tertiary/aromatic N) is 1. The quantitative estimate of drug-likeness (QED) is 0.885. The van der Waals surface area contributed by atoms with Gasteiger partial charge in [0.05, 0.1) is 11.6 Å². The minimum absolute atomic E-state index is 0.132. The van der Waals surface area contributed by atoms with Crippen LogP contribution < -0.4 is 4.90 Å². The SMILES string of the molecule is CC(CN(Cc1ccccc1)c1ccc(F)cc1F)C(=O)O. The minimum atomic E-state index is -0.958. The number of carboxylic acid groups (broad SMARTS) is 1. The molecule has 0 aliphatic rings. The number of carbonyl (C=O) groups is 1. The summed E-state index contributed by atoms with van der Waals surface area (Å²) in [6.07, 6.45) is 0. The van der Waals surface area contributed by atoms with Gasteiger partial charge in [-0.1, -0.05) is 37.3 Å². The van der Waals surface area contributed by atoms with Crippen LogP contribution in [0.25, 0.3) is 0 Å². The molecule has 0 aromatic heterocycles. The van der Waals surface area contributed by atoms with Gasteiger partial charge >= 0.3 is 5.97 Å². The standard InChI is InChI=1S/C17H17F2NO2/c1-12(17(21)22)10-20(11-13-5-3-2-4-6-13)16-8-7-14(18)9-15(16)19/h2-9,12H,10-11H2,1H3,(H,21,22). The molecule has 116 valence electrons. The number of rotatable bonds is 6. The van der Waals surface area contributed by atoms with Crippen molar-refractivity contribution in [2.75, 3.05) is 11.4 Å². The van der Waals surface area contributed by atoms with E-state index in [9.17, 15) is 13.6 Å². The van der Waals surface area contributed by atoms with Gasteiger partial charge in [-0.3, -0.25) is 4.79 Å². The van der Waals surface area contributed by atoms with Crippen LogP contribution in [0.4, 0.5) is 14.5 Å². The lowest BCUT2D eigenvalue weighted by Gasteiger charge is -2.27. The Morgan fingerprint density at radius 1 is 1.18 bits per heavy atom. The van der Waals surface area contributed by atoms with Gasteiger partial charge in [-0.25, -0.2) is 8.78 Å². The molecule has 2 rings (SSSR count). The summed E-state index contributed by atoms with van der Waals surface area (Å²) in [6, 6.07) is 12.6. The van der Waals surface area contributed by atoms with Gasteiger partial charge < -0.3 is 10.0 Å². The zero-order chi connectivity index (χ0) is 16.1. The van der Waals surface area contributed by atoms with E-state index in [1.807, 2.05) is 30.3 Å². The number of anilines is 1. The van der Waals surface area contributed by atoms with Crippen molar-refractivity contribution < 1.29 is 18.7 Å². The third kappa shape index (κ3) is 4.04. The van der Waals surface area contributed by atoms with Crippen LogP contribution in [0.15, 0.2) is 48.5 Å². The molecule has 0 aliphatic heterocycles. The second kappa shape index (κ2) is 7.02. The first kappa shape index (κ1) is 15.9. The molecule has 0 fully saturated rings. The average molecular weight is 305 g/mol. The van der Waals surface area contributed by atoms with Gasteiger partial charge in [0.15, 0.2) is 0 Å². The highest BCUT2D eigenvalue weighted by atomic mass is 19.1. The summed E-state index contributed by atoms with van der Waals surface area (Å²) >= 11 is 0.